The molecule has 1 rings (SSSR count). The van der Waals surface area contributed by atoms with Crippen LogP contribution in [0.4, 0.5) is 0 Å². The maximum absolute atomic E-state index is 10.6. The molecule has 0 aliphatic carbocycles. The van der Waals surface area contributed by atoms with Crippen LogP contribution in [-0.4, -0.2) is 25.8 Å². The normalized spacial score (nSPS) is 12.0. The number of nitrogens with zero attached hydrogens (tertiary/aromatic N) is 2. The van der Waals surface area contributed by atoms with Crippen molar-refractivity contribution in [1.29, 1.82) is 0 Å². The molecule has 0 aromatic carbocycles. The van der Waals surface area contributed by atoms with Crippen LogP contribution in [0.25, 0.3) is 0 Å². The molecule has 0 radical (unpaired) electrons. The van der Waals surface area contributed by atoms with Crippen molar-refractivity contribution in [2.45, 2.75) is 11.2 Å². The molecule has 5 nitrogen and oxygen atoms in total. The minimum Gasteiger partial charge on any atom is -0.324 e. The van der Waals surface area contributed by atoms with E-state index in [0.29, 0.717) is 5.69 Å². The van der Waals surface area contributed by atoms with Gasteiger partial charge in [-0.3, -0.25) is 9.25 Å². The second-order valence-corrected chi connectivity index (χ2v) is 5.10. The highest BCUT2D eigenvalue weighted by atomic mass is 32.2. The van der Waals surface area contributed by atoms with Crippen LogP contribution in [0.5, 0.6) is 0 Å². The van der Waals surface area contributed by atoms with Gasteiger partial charge in [0.1, 0.15) is 0 Å². The van der Waals surface area contributed by atoms with Crippen molar-refractivity contribution >= 4 is 19.4 Å². The fourth-order valence-corrected chi connectivity index (χ4v) is 2.12. The molecule has 0 aliphatic rings. The first-order chi connectivity index (χ1) is 5.92. The van der Waals surface area contributed by atoms with Crippen LogP contribution in [0.2, 0.25) is 0 Å². The third-order valence-corrected chi connectivity index (χ3v) is 3.00. The van der Waals surface area contributed by atoms with Gasteiger partial charge in [-0.2, -0.15) is 5.10 Å². The zero-order valence-electron chi connectivity index (χ0n) is 7.34. The Balaban J connectivity index is 2.86. The Morgan fingerprint density at radius 2 is 2.31 bits per heavy atom. The van der Waals surface area contributed by atoms with Crippen LogP contribution < -0.4 is 0 Å². The minimum absolute atomic E-state index is 0.290. The van der Waals surface area contributed by atoms with Gasteiger partial charge in [0.25, 0.3) is 0 Å². The average molecular weight is 222 g/mol. The van der Waals surface area contributed by atoms with Gasteiger partial charge in [-0.1, -0.05) is 0 Å². The van der Waals surface area contributed by atoms with Gasteiger partial charge in [0.2, 0.25) is 0 Å². The van der Waals surface area contributed by atoms with E-state index in [1.54, 1.807) is 17.8 Å². The summed E-state index contributed by atoms with van der Waals surface area (Å²) in [6, 6.07) is 1.68. The van der Waals surface area contributed by atoms with Crippen LogP contribution in [0.1, 0.15) is 5.69 Å². The molecular weight excluding hydrogens is 211 g/mol. The summed E-state index contributed by atoms with van der Waals surface area (Å²) in [5.41, 5.74) is 0.431. The Hall–Kier alpha value is -0.290. The lowest BCUT2D eigenvalue weighted by atomic mass is 10.5. The van der Waals surface area contributed by atoms with Crippen LogP contribution in [0.3, 0.4) is 0 Å². The van der Waals surface area contributed by atoms with E-state index in [0.717, 1.165) is 5.03 Å². The Morgan fingerprint density at radius 3 is 2.69 bits per heavy atom. The van der Waals surface area contributed by atoms with Crippen molar-refractivity contribution < 1.29 is 14.4 Å². The van der Waals surface area contributed by atoms with Crippen LogP contribution in [-0.2, 0) is 17.8 Å². The van der Waals surface area contributed by atoms with Gasteiger partial charge in [0.15, 0.2) is 0 Å². The molecule has 0 unspecified atom stereocenters. The van der Waals surface area contributed by atoms with Crippen molar-refractivity contribution in [2.24, 2.45) is 7.05 Å². The monoisotopic (exact) mass is 222 g/mol. The lowest BCUT2D eigenvalue weighted by molar-refractivity contribution is 0.371. The predicted molar refractivity (Wildman–Crippen MR) is 50.7 cm³/mol. The molecule has 0 atom stereocenters. The smallest absolute Gasteiger partial charge is 0.324 e. The van der Waals surface area contributed by atoms with E-state index in [1.807, 2.05) is 6.26 Å². The largest absolute Gasteiger partial charge is 0.331 e. The first-order valence-electron chi connectivity index (χ1n) is 3.54. The number of rotatable bonds is 3. The molecule has 13 heavy (non-hydrogen) atoms. The van der Waals surface area contributed by atoms with E-state index in [-0.39, 0.29) is 6.16 Å². The Morgan fingerprint density at radius 1 is 1.69 bits per heavy atom. The summed E-state index contributed by atoms with van der Waals surface area (Å²) in [5, 5.41) is 4.86. The summed E-state index contributed by atoms with van der Waals surface area (Å²) < 4.78 is 12.3. The highest BCUT2D eigenvalue weighted by Crippen LogP contribution is 2.39. The number of hydrogen-bond acceptors (Lipinski definition) is 3. The molecule has 74 valence electrons. The molecule has 1 aromatic heterocycles. The molecule has 0 fully saturated rings. The molecular formula is C6H11N2O3PS. The Labute approximate surface area is 80.3 Å². The highest BCUT2D eigenvalue weighted by Gasteiger charge is 2.17. The van der Waals surface area contributed by atoms with Crippen LogP contribution >= 0.6 is 19.4 Å². The summed E-state index contributed by atoms with van der Waals surface area (Å²) in [4.78, 5) is 17.4. The van der Waals surface area contributed by atoms with Crippen molar-refractivity contribution in [3.05, 3.63) is 11.8 Å². The molecule has 0 amide bonds. The quantitative estimate of drug-likeness (QED) is 0.585. The van der Waals surface area contributed by atoms with Gasteiger partial charge >= 0.3 is 7.60 Å². The van der Waals surface area contributed by atoms with E-state index in [1.165, 1.54) is 11.8 Å². The lowest BCUT2D eigenvalue weighted by Gasteiger charge is -1.98. The van der Waals surface area contributed by atoms with Crippen LogP contribution in [0, 0.1) is 0 Å². The van der Waals surface area contributed by atoms with E-state index in [4.69, 9.17) is 9.79 Å². The summed E-state index contributed by atoms with van der Waals surface area (Å²) in [6.07, 6.45) is 1.60. The van der Waals surface area contributed by atoms with E-state index < -0.39 is 7.60 Å². The van der Waals surface area contributed by atoms with Crippen LogP contribution in [0.15, 0.2) is 11.1 Å². The van der Waals surface area contributed by atoms with Crippen molar-refractivity contribution in [1.82, 2.24) is 9.78 Å². The van der Waals surface area contributed by atoms with E-state index >= 15 is 0 Å². The molecule has 0 aliphatic heterocycles. The molecule has 1 aromatic rings. The van der Waals surface area contributed by atoms with Crippen molar-refractivity contribution in [3.63, 3.8) is 0 Å². The number of aromatic nitrogens is 2. The fraction of sp³-hybridized carbons (Fsp3) is 0.500. The molecule has 0 spiro atoms. The van der Waals surface area contributed by atoms with Gasteiger partial charge in [0.05, 0.1) is 16.9 Å². The van der Waals surface area contributed by atoms with Gasteiger partial charge in [-0.05, 0) is 12.3 Å². The third-order valence-electron chi connectivity index (χ3n) is 1.46. The predicted octanol–water partition coefficient (Wildman–Crippen LogP) is 0.820. The summed E-state index contributed by atoms with van der Waals surface area (Å²) in [7, 11) is -2.24. The van der Waals surface area contributed by atoms with E-state index in [2.05, 4.69) is 5.10 Å². The molecule has 0 bridgehead atoms. The SMILES string of the molecule is CSc1cc(CP(=O)(O)O)nn1C. The number of aryl methyl sites for hydroxylation is 1. The average Bonchev–Trinajstić information content (AvgIpc) is 2.26. The van der Waals surface area contributed by atoms with Gasteiger partial charge < -0.3 is 9.79 Å². The van der Waals surface area contributed by atoms with Gasteiger partial charge in [-0.25, -0.2) is 0 Å². The first kappa shape index (κ1) is 10.8. The maximum atomic E-state index is 10.6. The van der Waals surface area contributed by atoms with Crippen molar-refractivity contribution in [3.8, 4) is 0 Å². The van der Waals surface area contributed by atoms with Crippen molar-refractivity contribution in [2.75, 3.05) is 6.26 Å². The Bertz CT molecular complexity index is 346. The second kappa shape index (κ2) is 3.84. The number of hydrogen-bond donors (Lipinski definition) is 2. The minimum atomic E-state index is -3.99. The van der Waals surface area contributed by atoms with Gasteiger partial charge in [0, 0.05) is 7.05 Å². The molecule has 7 heteroatoms. The molecule has 0 saturated carbocycles. The highest BCUT2D eigenvalue weighted by molar-refractivity contribution is 7.98. The fourth-order valence-electron chi connectivity index (χ4n) is 0.986. The second-order valence-electron chi connectivity index (χ2n) is 2.62. The first-order valence-corrected chi connectivity index (χ1v) is 6.56. The lowest BCUT2D eigenvalue weighted by Crippen LogP contribution is -1.93. The molecule has 2 N–H and O–H groups in total. The molecule has 0 saturated heterocycles. The standard InChI is InChI=1S/C6H11N2O3PS/c1-8-6(13-2)3-5(7-8)4-12(9,10)11/h3H,4H2,1-2H3,(H2,9,10,11). The van der Waals surface area contributed by atoms with E-state index in [9.17, 15) is 4.57 Å². The maximum Gasteiger partial charge on any atom is 0.331 e. The summed E-state index contributed by atoms with van der Waals surface area (Å²) >= 11 is 1.49. The summed E-state index contributed by atoms with van der Waals surface area (Å²) in [5.74, 6) is 0. The number of thioether (sulfide) groups is 1. The topological polar surface area (TPSA) is 75.3 Å². The summed E-state index contributed by atoms with van der Waals surface area (Å²) in [6.45, 7) is 0. The van der Waals surface area contributed by atoms with Gasteiger partial charge in [-0.15, -0.1) is 11.8 Å². The zero-order valence-corrected chi connectivity index (χ0v) is 9.05. The zero-order chi connectivity index (χ0) is 10.1. The third kappa shape index (κ3) is 3.15. The Kier molecular flexibility index (Phi) is 3.18. The molecule has 1 heterocycles.